The van der Waals surface area contributed by atoms with E-state index in [1.165, 1.54) is 11.1 Å². The zero-order valence-electron chi connectivity index (χ0n) is 12.0. The van der Waals surface area contributed by atoms with Crippen molar-refractivity contribution >= 4 is 5.69 Å². The lowest BCUT2D eigenvalue weighted by Gasteiger charge is -2.09. The van der Waals surface area contributed by atoms with Crippen molar-refractivity contribution in [1.82, 2.24) is 0 Å². The summed E-state index contributed by atoms with van der Waals surface area (Å²) in [6.45, 7) is 0. The van der Waals surface area contributed by atoms with Crippen molar-refractivity contribution in [2.75, 3.05) is 0 Å². The Kier molecular flexibility index (Phi) is 4.00. The zero-order chi connectivity index (χ0) is 14.7. The van der Waals surface area contributed by atoms with E-state index in [0.29, 0.717) is 5.69 Å². The van der Waals surface area contributed by atoms with Crippen molar-refractivity contribution in [2.45, 2.75) is 38.5 Å². The molecule has 3 heteroatoms. The molecule has 3 nitrogen and oxygen atoms in total. The van der Waals surface area contributed by atoms with Gasteiger partial charge in [0.05, 0.1) is 4.92 Å². The third kappa shape index (κ3) is 3.30. The zero-order valence-corrected chi connectivity index (χ0v) is 12.0. The molecule has 0 N–H and O–H groups in total. The fourth-order valence-electron chi connectivity index (χ4n) is 3.00. The number of hydrogen-bond donors (Lipinski definition) is 0. The van der Waals surface area contributed by atoms with Gasteiger partial charge in [0.25, 0.3) is 5.69 Å². The fraction of sp³-hybridized carbons (Fsp3) is 0.333. The molecule has 0 atom stereocenters. The van der Waals surface area contributed by atoms with E-state index in [9.17, 15) is 10.1 Å². The van der Waals surface area contributed by atoms with Gasteiger partial charge < -0.3 is 0 Å². The average Bonchev–Trinajstić information content (AvgIpc) is 2.50. The van der Waals surface area contributed by atoms with Gasteiger partial charge in [0, 0.05) is 11.6 Å². The molecule has 6 rings (SSSR count). The Hall–Kier alpha value is -2.16. The number of rotatable bonds is 1. The first-order chi connectivity index (χ1) is 10.2. The molecule has 0 spiro atoms. The molecule has 2 aromatic rings. The van der Waals surface area contributed by atoms with Gasteiger partial charge in [-0.25, -0.2) is 0 Å². The van der Waals surface area contributed by atoms with Crippen LogP contribution in [0.1, 0.15) is 35.1 Å². The standard InChI is InChI=1S/C18H19NO2/c20-19(21)18-13-16-5-1-3-14-7-9-15(10-8-14)4-2-6-17(18)12-11-16/h7-13H,1-6H2. The molecule has 0 aromatic heterocycles. The van der Waals surface area contributed by atoms with Gasteiger partial charge in [-0.1, -0.05) is 36.4 Å². The van der Waals surface area contributed by atoms with E-state index in [2.05, 4.69) is 30.3 Å². The number of aryl methyl sites for hydroxylation is 4. The molecule has 2 aromatic carbocycles. The highest BCUT2D eigenvalue weighted by Crippen LogP contribution is 2.24. The van der Waals surface area contributed by atoms with Crippen molar-refractivity contribution in [3.05, 3.63) is 74.8 Å². The quantitative estimate of drug-likeness (QED) is 0.579. The average molecular weight is 281 g/mol. The van der Waals surface area contributed by atoms with Crippen LogP contribution in [0.15, 0.2) is 42.5 Å². The van der Waals surface area contributed by atoms with Crippen LogP contribution in [0.4, 0.5) is 5.69 Å². The molecule has 0 unspecified atom stereocenters. The SMILES string of the molecule is O=[N+]([O-])c1cc2ccc1CCCc1ccc(cc1)CCC2. The molecular weight excluding hydrogens is 262 g/mol. The van der Waals surface area contributed by atoms with Gasteiger partial charge >= 0.3 is 0 Å². The van der Waals surface area contributed by atoms with Crippen LogP contribution in [0, 0.1) is 10.1 Å². The molecule has 0 heterocycles. The first-order valence-electron chi connectivity index (χ1n) is 7.56. The first kappa shape index (κ1) is 13.8. The van der Waals surface area contributed by atoms with Crippen molar-refractivity contribution < 1.29 is 4.92 Å². The van der Waals surface area contributed by atoms with Crippen LogP contribution in [-0.4, -0.2) is 4.92 Å². The Morgan fingerprint density at radius 3 is 1.90 bits per heavy atom. The van der Waals surface area contributed by atoms with E-state index in [-0.39, 0.29) is 4.92 Å². The number of hydrogen-bond acceptors (Lipinski definition) is 2. The molecule has 21 heavy (non-hydrogen) atoms. The molecule has 0 fully saturated rings. The summed E-state index contributed by atoms with van der Waals surface area (Å²) in [5, 5.41) is 11.2. The minimum absolute atomic E-state index is 0.238. The largest absolute Gasteiger partial charge is 0.272 e. The number of benzene rings is 2. The highest BCUT2D eigenvalue weighted by molar-refractivity contribution is 5.43. The van der Waals surface area contributed by atoms with Gasteiger partial charge in [0.15, 0.2) is 0 Å². The monoisotopic (exact) mass is 281 g/mol. The summed E-state index contributed by atoms with van der Waals surface area (Å²) in [7, 11) is 0. The van der Waals surface area contributed by atoms with Crippen LogP contribution in [0.25, 0.3) is 0 Å². The summed E-state index contributed by atoms with van der Waals surface area (Å²) in [4.78, 5) is 11.0. The molecule has 4 bridgehead atoms. The van der Waals surface area contributed by atoms with E-state index in [0.717, 1.165) is 49.7 Å². The van der Waals surface area contributed by atoms with E-state index in [1.807, 2.05) is 6.07 Å². The van der Waals surface area contributed by atoms with Crippen LogP contribution in [0.3, 0.4) is 0 Å². The lowest BCUT2D eigenvalue weighted by atomic mass is 9.96. The molecule has 108 valence electrons. The molecular formula is C18H19NO2. The lowest BCUT2D eigenvalue weighted by Crippen LogP contribution is -2.00. The highest BCUT2D eigenvalue weighted by Gasteiger charge is 2.14. The second-order valence-electron chi connectivity index (χ2n) is 5.74. The van der Waals surface area contributed by atoms with E-state index in [1.54, 1.807) is 6.07 Å². The Labute approximate surface area is 124 Å². The first-order valence-corrected chi connectivity index (χ1v) is 7.56. The molecule has 0 aliphatic heterocycles. The number of nitro groups is 1. The smallest absolute Gasteiger partial charge is 0.258 e. The lowest BCUT2D eigenvalue weighted by molar-refractivity contribution is -0.385. The van der Waals surface area contributed by atoms with Gasteiger partial charge in [-0.3, -0.25) is 10.1 Å². The summed E-state index contributed by atoms with van der Waals surface area (Å²) in [6, 6.07) is 14.6. The molecule has 0 radical (unpaired) electrons. The predicted octanol–water partition coefficient (Wildman–Crippen LogP) is 4.26. The highest BCUT2D eigenvalue weighted by atomic mass is 16.6. The number of nitro benzene ring substituents is 1. The molecule has 0 saturated carbocycles. The third-order valence-corrected chi connectivity index (χ3v) is 4.21. The van der Waals surface area contributed by atoms with Gasteiger partial charge in [-0.2, -0.15) is 0 Å². The maximum atomic E-state index is 11.2. The predicted molar refractivity (Wildman–Crippen MR) is 83.6 cm³/mol. The van der Waals surface area contributed by atoms with Gasteiger partial charge in [0.1, 0.15) is 0 Å². The minimum atomic E-state index is -0.238. The maximum absolute atomic E-state index is 11.2. The molecule has 4 aliphatic carbocycles. The minimum Gasteiger partial charge on any atom is -0.258 e. The van der Waals surface area contributed by atoms with Gasteiger partial charge in [-0.15, -0.1) is 0 Å². The van der Waals surface area contributed by atoms with E-state index in [4.69, 9.17) is 0 Å². The van der Waals surface area contributed by atoms with Crippen molar-refractivity contribution in [1.29, 1.82) is 0 Å². The third-order valence-electron chi connectivity index (χ3n) is 4.21. The Morgan fingerprint density at radius 1 is 0.762 bits per heavy atom. The second-order valence-corrected chi connectivity index (χ2v) is 5.74. The van der Waals surface area contributed by atoms with Crippen LogP contribution < -0.4 is 0 Å². The Bertz CT molecular complexity index is 647. The van der Waals surface area contributed by atoms with E-state index < -0.39 is 0 Å². The molecule has 4 aliphatic rings. The Morgan fingerprint density at radius 2 is 1.29 bits per heavy atom. The maximum Gasteiger partial charge on any atom is 0.272 e. The van der Waals surface area contributed by atoms with Crippen LogP contribution in [0.5, 0.6) is 0 Å². The Balaban J connectivity index is 1.90. The summed E-state index contributed by atoms with van der Waals surface area (Å²) < 4.78 is 0. The summed E-state index contributed by atoms with van der Waals surface area (Å²) in [6.07, 6.45) is 5.62. The van der Waals surface area contributed by atoms with Gasteiger partial charge in [0.2, 0.25) is 0 Å². The molecule has 0 amide bonds. The second kappa shape index (κ2) is 6.08. The fourth-order valence-corrected chi connectivity index (χ4v) is 3.00. The number of nitrogens with zero attached hydrogens (tertiary/aromatic N) is 1. The summed E-state index contributed by atoms with van der Waals surface area (Å²) >= 11 is 0. The molecule has 0 saturated heterocycles. The van der Waals surface area contributed by atoms with Crippen LogP contribution in [0.2, 0.25) is 0 Å². The van der Waals surface area contributed by atoms with Crippen molar-refractivity contribution in [3.8, 4) is 0 Å². The normalized spacial score (nSPS) is 14.9. The van der Waals surface area contributed by atoms with E-state index >= 15 is 0 Å². The van der Waals surface area contributed by atoms with Crippen molar-refractivity contribution in [3.63, 3.8) is 0 Å². The summed E-state index contributed by atoms with van der Waals surface area (Å²) in [5.74, 6) is 0. The van der Waals surface area contributed by atoms with Gasteiger partial charge in [-0.05, 0) is 55.2 Å². The van der Waals surface area contributed by atoms with Crippen LogP contribution >= 0.6 is 0 Å². The topological polar surface area (TPSA) is 43.1 Å². The summed E-state index contributed by atoms with van der Waals surface area (Å²) in [5.41, 5.74) is 4.88. The van der Waals surface area contributed by atoms with Crippen molar-refractivity contribution in [2.24, 2.45) is 0 Å². The van der Waals surface area contributed by atoms with Crippen LogP contribution in [-0.2, 0) is 25.7 Å².